The molecule has 0 spiro atoms. The number of nitrogens with zero attached hydrogens (tertiary/aromatic N) is 1. The number of phosphoric ester groups is 1. The largest absolute Gasteiger partial charge is 0.756 e. The summed E-state index contributed by atoms with van der Waals surface area (Å²) in [5.74, 6) is -0.354. The van der Waals surface area contributed by atoms with Gasteiger partial charge in [0.05, 0.1) is 34.4 Å². The van der Waals surface area contributed by atoms with Crippen molar-refractivity contribution in [3.63, 3.8) is 0 Å². The molecule has 0 heterocycles. The van der Waals surface area contributed by atoms with Gasteiger partial charge in [0.25, 0.3) is 7.82 Å². The van der Waals surface area contributed by atoms with E-state index in [2.05, 4.69) is 74.6 Å². The summed E-state index contributed by atoms with van der Waals surface area (Å²) in [6.45, 7) is 5.28. The van der Waals surface area contributed by atoms with Crippen LogP contribution in [0.1, 0.15) is 181 Å². The molecule has 0 aliphatic carbocycles. The van der Waals surface area contributed by atoms with Crippen LogP contribution in [0, 0.1) is 0 Å². The first-order valence-electron chi connectivity index (χ1n) is 23.0. The first-order valence-corrected chi connectivity index (χ1v) is 24.5. The van der Waals surface area contributed by atoms with Gasteiger partial charge in [-0.2, -0.15) is 0 Å². The number of phosphoric acid groups is 1. The summed E-state index contributed by atoms with van der Waals surface area (Å²) in [5, 5.41) is 0. The minimum absolute atomic E-state index is 0.0185. The molecule has 2 unspecified atom stereocenters. The van der Waals surface area contributed by atoms with Crippen LogP contribution >= 0.6 is 7.82 Å². The number of ether oxygens (including phenoxy) is 2. The Morgan fingerprint density at radius 1 is 0.544 bits per heavy atom. The number of quaternary nitrogens is 1. The van der Waals surface area contributed by atoms with Crippen molar-refractivity contribution in [1.29, 1.82) is 0 Å². The van der Waals surface area contributed by atoms with Gasteiger partial charge in [-0.3, -0.25) is 9.36 Å². The van der Waals surface area contributed by atoms with E-state index in [1.807, 2.05) is 21.1 Å². The van der Waals surface area contributed by atoms with Gasteiger partial charge in [0.1, 0.15) is 19.3 Å². The van der Waals surface area contributed by atoms with Crippen molar-refractivity contribution in [2.45, 2.75) is 187 Å². The van der Waals surface area contributed by atoms with E-state index < -0.39 is 13.9 Å². The van der Waals surface area contributed by atoms with Crippen molar-refractivity contribution in [2.24, 2.45) is 0 Å². The molecule has 332 valence electrons. The predicted molar refractivity (Wildman–Crippen MR) is 240 cm³/mol. The Labute approximate surface area is 351 Å². The lowest BCUT2D eigenvalue weighted by atomic mass is 10.1. The van der Waals surface area contributed by atoms with Gasteiger partial charge in [0.15, 0.2) is 0 Å². The van der Waals surface area contributed by atoms with E-state index in [0.717, 1.165) is 89.9 Å². The number of unbranched alkanes of at least 4 members (excludes halogenated alkanes) is 18. The van der Waals surface area contributed by atoms with E-state index in [4.69, 9.17) is 18.5 Å². The van der Waals surface area contributed by atoms with Gasteiger partial charge in [0.2, 0.25) is 0 Å². The van der Waals surface area contributed by atoms with Crippen LogP contribution in [0.2, 0.25) is 0 Å². The van der Waals surface area contributed by atoms with Crippen molar-refractivity contribution < 1.29 is 37.3 Å². The highest BCUT2D eigenvalue weighted by Gasteiger charge is 2.20. The van der Waals surface area contributed by atoms with Crippen molar-refractivity contribution >= 4 is 13.8 Å². The second-order valence-corrected chi connectivity index (χ2v) is 17.8. The molecule has 0 aliphatic rings. The van der Waals surface area contributed by atoms with E-state index >= 15 is 0 Å². The number of hydrogen-bond acceptors (Lipinski definition) is 7. The van der Waals surface area contributed by atoms with Crippen LogP contribution in [0.3, 0.4) is 0 Å². The fourth-order valence-corrected chi connectivity index (χ4v) is 6.67. The van der Waals surface area contributed by atoms with Gasteiger partial charge in [-0.15, -0.1) is 0 Å². The molecular weight excluding hydrogens is 734 g/mol. The molecule has 2 atom stereocenters. The third-order valence-electron chi connectivity index (χ3n) is 9.52. The average molecular weight is 822 g/mol. The molecule has 0 amide bonds. The number of likely N-dealkylation sites (N-methyl/N-ethyl adjacent to an activating group) is 1. The monoisotopic (exact) mass is 822 g/mol. The standard InChI is InChI=1S/C48H88NO7P/c1-6-8-10-12-14-16-18-20-21-22-23-24-25-26-27-28-30-32-34-36-38-40-43-53-45-47(46-55-57(51,52)54-44-42-49(3,4)5)56-48(50)41-39-37-35-33-31-29-19-17-15-13-11-9-7-2/h11,13,17-20,22-23,25-26,47H,6-10,12,14-16,21,24,27-46H2,1-5H3/b13-11-,19-17-,20-18-,23-22-,26-25-. The molecule has 0 bridgehead atoms. The van der Waals surface area contributed by atoms with Gasteiger partial charge < -0.3 is 27.9 Å². The summed E-state index contributed by atoms with van der Waals surface area (Å²) in [7, 11) is 1.33. The maximum Gasteiger partial charge on any atom is 0.306 e. The molecule has 0 aromatic heterocycles. The highest BCUT2D eigenvalue weighted by atomic mass is 31.2. The molecule has 0 aliphatic heterocycles. The summed E-state index contributed by atoms with van der Waals surface area (Å²) in [6, 6.07) is 0. The van der Waals surface area contributed by atoms with Gasteiger partial charge in [-0.1, -0.05) is 158 Å². The lowest BCUT2D eigenvalue weighted by molar-refractivity contribution is -0.870. The highest BCUT2D eigenvalue weighted by molar-refractivity contribution is 7.45. The molecule has 0 saturated heterocycles. The van der Waals surface area contributed by atoms with Gasteiger partial charge in [-0.25, -0.2) is 0 Å². The fraction of sp³-hybridized carbons (Fsp3) is 0.771. The van der Waals surface area contributed by atoms with Crippen LogP contribution in [-0.4, -0.2) is 70.7 Å². The molecule has 9 heteroatoms. The molecule has 0 saturated carbocycles. The van der Waals surface area contributed by atoms with Crippen LogP contribution < -0.4 is 4.89 Å². The zero-order valence-electron chi connectivity index (χ0n) is 37.5. The topological polar surface area (TPSA) is 94.1 Å². The maximum atomic E-state index is 12.7. The molecule has 0 aromatic carbocycles. The van der Waals surface area contributed by atoms with Crippen molar-refractivity contribution in [2.75, 3.05) is 54.1 Å². The minimum Gasteiger partial charge on any atom is -0.756 e. The van der Waals surface area contributed by atoms with E-state index in [0.29, 0.717) is 24.1 Å². The Balaban J connectivity index is 4.21. The summed E-state index contributed by atoms with van der Waals surface area (Å²) >= 11 is 0. The lowest BCUT2D eigenvalue weighted by Gasteiger charge is -2.28. The smallest absolute Gasteiger partial charge is 0.306 e. The number of hydrogen-bond donors (Lipinski definition) is 0. The Morgan fingerprint density at radius 3 is 1.51 bits per heavy atom. The van der Waals surface area contributed by atoms with Gasteiger partial charge in [0, 0.05) is 13.0 Å². The van der Waals surface area contributed by atoms with Gasteiger partial charge >= 0.3 is 5.97 Å². The van der Waals surface area contributed by atoms with Crippen molar-refractivity contribution in [1.82, 2.24) is 0 Å². The SMILES string of the molecule is CCC/C=C\C/C=C\CCCCCCCC(=O)OC(COCCCCCCCCC/C=C\C/C=C\C/C=C\CCCCCCC)COP(=O)([O-])OCC[N+](C)(C)C. The van der Waals surface area contributed by atoms with Crippen molar-refractivity contribution in [3.8, 4) is 0 Å². The number of rotatable bonds is 42. The third-order valence-corrected chi connectivity index (χ3v) is 10.5. The normalized spacial score (nSPS) is 14.3. The molecular formula is C48H88NO7P. The van der Waals surface area contributed by atoms with Crippen LogP contribution in [0.4, 0.5) is 0 Å². The second kappa shape index (κ2) is 41.0. The maximum absolute atomic E-state index is 12.7. The summed E-state index contributed by atoms with van der Waals surface area (Å²) in [4.78, 5) is 25.0. The van der Waals surface area contributed by atoms with E-state index in [1.165, 1.54) is 70.6 Å². The second-order valence-electron chi connectivity index (χ2n) is 16.4. The van der Waals surface area contributed by atoms with Crippen molar-refractivity contribution in [3.05, 3.63) is 60.8 Å². The third kappa shape index (κ3) is 45.1. The Bertz CT molecular complexity index is 1090. The van der Waals surface area contributed by atoms with Crippen LogP contribution in [0.15, 0.2) is 60.8 Å². The number of carbonyl (C=O) groups excluding carboxylic acids is 1. The van der Waals surface area contributed by atoms with Gasteiger partial charge in [-0.05, 0) is 77.0 Å². The summed E-state index contributed by atoms with van der Waals surface area (Å²) < 4.78 is 34.6. The molecule has 0 rings (SSSR count). The predicted octanol–water partition coefficient (Wildman–Crippen LogP) is 13.1. The van der Waals surface area contributed by atoms with E-state index in [9.17, 15) is 14.3 Å². The minimum atomic E-state index is -4.53. The first-order chi connectivity index (χ1) is 27.6. The first kappa shape index (κ1) is 55.2. The van der Waals surface area contributed by atoms with E-state index in [-0.39, 0.29) is 25.8 Å². The molecule has 57 heavy (non-hydrogen) atoms. The number of carbonyl (C=O) groups is 1. The van der Waals surface area contributed by atoms with Crippen LogP contribution in [-0.2, 0) is 27.9 Å². The molecule has 0 N–H and O–H groups in total. The molecule has 0 fully saturated rings. The fourth-order valence-electron chi connectivity index (χ4n) is 5.94. The zero-order chi connectivity index (χ0) is 42.0. The Kier molecular flexibility index (Phi) is 39.7. The number of esters is 1. The van der Waals surface area contributed by atoms with E-state index in [1.54, 1.807) is 0 Å². The molecule has 0 radical (unpaired) electrons. The Hall–Kier alpha value is -1.80. The zero-order valence-corrected chi connectivity index (χ0v) is 38.4. The summed E-state index contributed by atoms with van der Waals surface area (Å²) in [6.07, 6.45) is 50.9. The quantitative estimate of drug-likeness (QED) is 0.0199. The molecule has 8 nitrogen and oxygen atoms in total. The molecule has 0 aromatic rings. The summed E-state index contributed by atoms with van der Waals surface area (Å²) in [5.41, 5.74) is 0. The lowest BCUT2D eigenvalue weighted by Crippen LogP contribution is -2.37. The highest BCUT2D eigenvalue weighted by Crippen LogP contribution is 2.38. The van der Waals surface area contributed by atoms with Crippen LogP contribution in [0.5, 0.6) is 0 Å². The number of allylic oxidation sites excluding steroid dienone is 10. The Morgan fingerprint density at radius 2 is 1.00 bits per heavy atom. The average Bonchev–Trinajstić information content (AvgIpc) is 3.16. The van der Waals surface area contributed by atoms with Crippen LogP contribution in [0.25, 0.3) is 0 Å².